The van der Waals surface area contributed by atoms with Crippen LogP contribution in [-0.4, -0.2) is 5.38 Å². The first-order valence-corrected chi connectivity index (χ1v) is 3.93. The minimum Gasteiger partial charge on any atom is -0.122 e. The quantitative estimate of drug-likeness (QED) is 0.501. The van der Waals surface area contributed by atoms with Crippen LogP contribution in [0.25, 0.3) is 0 Å². The van der Waals surface area contributed by atoms with Crippen molar-refractivity contribution in [1.29, 1.82) is 0 Å². The minimum absolute atomic E-state index is 0.246. The molecule has 0 aromatic heterocycles. The summed E-state index contributed by atoms with van der Waals surface area (Å²) in [5.74, 6) is 0.576. The predicted molar refractivity (Wildman–Crippen MR) is 43.9 cm³/mol. The first-order chi connectivity index (χ1) is 3.85. The molecule has 0 aliphatic heterocycles. The zero-order valence-electron chi connectivity index (χ0n) is 7.03. The Bertz CT molecular complexity index is 79.1. The van der Waals surface area contributed by atoms with E-state index in [0.29, 0.717) is 5.92 Å². The van der Waals surface area contributed by atoms with E-state index in [9.17, 15) is 0 Å². The topological polar surface area (TPSA) is 0 Å². The monoisotopic (exact) mass is 148 g/mol. The molecule has 1 heteroatoms. The van der Waals surface area contributed by atoms with Crippen LogP contribution in [0.5, 0.6) is 0 Å². The van der Waals surface area contributed by atoms with E-state index >= 15 is 0 Å². The van der Waals surface area contributed by atoms with Crippen molar-refractivity contribution in [2.24, 2.45) is 11.3 Å². The Kier molecular flexibility index (Phi) is 3.01. The second-order valence-corrected chi connectivity index (χ2v) is 4.48. The van der Waals surface area contributed by atoms with Crippen molar-refractivity contribution in [3.63, 3.8) is 0 Å². The Morgan fingerprint density at radius 3 is 1.44 bits per heavy atom. The van der Waals surface area contributed by atoms with E-state index in [0.717, 1.165) is 0 Å². The van der Waals surface area contributed by atoms with E-state index in [4.69, 9.17) is 11.6 Å². The van der Waals surface area contributed by atoms with Crippen molar-refractivity contribution in [3.05, 3.63) is 0 Å². The first kappa shape index (κ1) is 9.29. The van der Waals surface area contributed by atoms with E-state index < -0.39 is 0 Å². The highest BCUT2D eigenvalue weighted by atomic mass is 35.5. The van der Waals surface area contributed by atoms with Crippen LogP contribution in [-0.2, 0) is 0 Å². The van der Waals surface area contributed by atoms with Gasteiger partial charge in [0.25, 0.3) is 0 Å². The Balaban J connectivity index is 3.88. The number of hydrogen-bond donors (Lipinski definition) is 0. The van der Waals surface area contributed by atoms with Crippen LogP contribution in [0.3, 0.4) is 0 Å². The second kappa shape index (κ2) is 2.92. The van der Waals surface area contributed by atoms with Gasteiger partial charge in [-0.2, -0.15) is 0 Å². The summed E-state index contributed by atoms with van der Waals surface area (Å²) < 4.78 is 0. The summed E-state index contributed by atoms with van der Waals surface area (Å²) in [6, 6.07) is 0. The molecular formula is C8H17Cl. The van der Waals surface area contributed by atoms with Gasteiger partial charge >= 0.3 is 0 Å². The van der Waals surface area contributed by atoms with Crippen LogP contribution in [0.2, 0.25) is 0 Å². The highest BCUT2D eigenvalue weighted by molar-refractivity contribution is 6.21. The molecule has 0 rings (SSSR count). The third-order valence-electron chi connectivity index (χ3n) is 1.41. The molecule has 0 saturated carbocycles. The van der Waals surface area contributed by atoms with Gasteiger partial charge < -0.3 is 0 Å². The molecule has 0 fully saturated rings. The molecule has 0 heterocycles. The molecule has 9 heavy (non-hydrogen) atoms. The first-order valence-electron chi connectivity index (χ1n) is 3.49. The average Bonchev–Trinajstić information content (AvgIpc) is 1.62. The molecule has 0 aromatic rings. The molecule has 0 spiro atoms. The maximum atomic E-state index is 6.09. The molecule has 0 N–H and O–H groups in total. The Labute approximate surface area is 63.6 Å². The van der Waals surface area contributed by atoms with E-state index in [2.05, 4.69) is 34.6 Å². The third kappa shape index (κ3) is 3.10. The highest BCUT2D eigenvalue weighted by Gasteiger charge is 2.24. The van der Waals surface area contributed by atoms with Crippen LogP contribution in [0, 0.1) is 11.3 Å². The summed E-state index contributed by atoms with van der Waals surface area (Å²) in [5.41, 5.74) is 0.246. The van der Waals surface area contributed by atoms with Gasteiger partial charge in [0, 0.05) is 5.38 Å². The van der Waals surface area contributed by atoms with Crippen LogP contribution in [0.4, 0.5) is 0 Å². The molecule has 1 atom stereocenters. The number of hydrogen-bond acceptors (Lipinski definition) is 0. The van der Waals surface area contributed by atoms with Crippen molar-refractivity contribution in [3.8, 4) is 0 Å². The summed E-state index contributed by atoms with van der Waals surface area (Å²) >= 11 is 6.09. The Hall–Kier alpha value is 0.290. The lowest BCUT2D eigenvalue weighted by atomic mass is 9.86. The average molecular weight is 149 g/mol. The van der Waals surface area contributed by atoms with Gasteiger partial charge in [0.2, 0.25) is 0 Å². The summed E-state index contributed by atoms with van der Waals surface area (Å²) in [4.78, 5) is 0. The molecule has 1 unspecified atom stereocenters. The molecule has 0 aromatic carbocycles. The Morgan fingerprint density at radius 2 is 1.44 bits per heavy atom. The third-order valence-corrected chi connectivity index (χ3v) is 2.57. The zero-order valence-corrected chi connectivity index (χ0v) is 7.79. The molecule has 0 aliphatic rings. The molecule has 0 aliphatic carbocycles. The van der Waals surface area contributed by atoms with Crippen LogP contribution in [0.1, 0.15) is 34.6 Å². The fourth-order valence-electron chi connectivity index (χ4n) is 1.00. The SMILES string of the molecule is CC(C)C(Cl)C(C)(C)C. The van der Waals surface area contributed by atoms with Crippen LogP contribution < -0.4 is 0 Å². The highest BCUT2D eigenvalue weighted by Crippen LogP contribution is 2.29. The second-order valence-electron chi connectivity index (χ2n) is 4.01. The predicted octanol–water partition coefficient (Wildman–Crippen LogP) is 3.30. The van der Waals surface area contributed by atoms with Gasteiger partial charge in [-0.05, 0) is 11.3 Å². The minimum atomic E-state index is 0.246. The van der Waals surface area contributed by atoms with Gasteiger partial charge in [-0.1, -0.05) is 34.6 Å². The van der Waals surface area contributed by atoms with Gasteiger partial charge in [0.15, 0.2) is 0 Å². The zero-order chi connectivity index (χ0) is 7.65. The lowest BCUT2D eigenvalue weighted by Crippen LogP contribution is -2.25. The Morgan fingerprint density at radius 1 is 1.11 bits per heavy atom. The van der Waals surface area contributed by atoms with Crippen LogP contribution >= 0.6 is 11.6 Å². The van der Waals surface area contributed by atoms with E-state index in [1.54, 1.807) is 0 Å². The van der Waals surface area contributed by atoms with Gasteiger partial charge in [-0.3, -0.25) is 0 Å². The van der Waals surface area contributed by atoms with Crippen molar-refractivity contribution in [1.82, 2.24) is 0 Å². The summed E-state index contributed by atoms with van der Waals surface area (Å²) in [7, 11) is 0. The molecule has 0 radical (unpaired) electrons. The summed E-state index contributed by atoms with van der Waals surface area (Å²) in [6.07, 6.45) is 0. The van der Waals surface area contributed by atoms with E-state index in [1.165, 1.54) is 0 Å². The number of alkyl halides is 1. The van der Waals surface area contributed by atoms with Gasteiger partial charge in [0.05, 0.1) is 0 Å². The maximum absolute atomic E-state index is 6.09. The van der Waals surface area contributed by atoms with Gasteiger partial charge in [0.1, 0.15) is 0 Å². The number of rotatable bonds is 1. The van der Waals surface area contributed by atoms with Crippen molar-refractivity contribution >= 4 is 11.6 Å². The molecule has 0 amide bonds. The number of halogens is 1. The maximum Gasteiger partial charge on any atom is 0.0407 e. The van der Waals surface area contributed by atoms with Crippen LogP contribution in [0.15, 0.2) is 0 Å². The van der Waals surface area contributed by atoms with Gasteiger partial charge in [-0.15, -0.1) is 11.6 Å². The van der Waals surface area contributed by atoms with Crippen molar-refractivity contribution in [2.45, 2.75) is 40.0 Å². The molecular weight excluding hydrogens is 132 g/mol. The fraction of sp³-hybridized carbons (Fsp3) is 1.00. The summed E-state index contributed by atoms with van der Waals surface area (Å²) in [6.45, 7) is 10.8. The smallest absolute Gasteiger partial charge is 0.0407 e. The largest absolute Gasteiger partial charge is 0.122 e. The molecule has 0 bridgehead atoms. The van der Waals surface area contributed by atoms with Crippen molar-refractivity contribution in [2.75, 3.05) is 0 Å². The van der Waals surface area contributed by atoms with Gasteiger partial charge in [-0.25, -0.2) is 0 Å². The summed E-state index contributed by atoms with van der Waals surface area (Å²) in [5, 5.41) is 0.289. The standard InChI is InChI=1S/C8H17Cl/c1-6(2)7(9)8(3,4)5/h6-7H,1-5H3. The lowest BCUT2D eigenvalue weighted by molar-refractivity contribution is 0.330. The molecule has 56 valence electrons. The molecule has 0 saturated heterocycles. The van der Waals surface area contributed by atoms with E-state index in [1.807, 2.05) is 0 Å². The lowest BCUT2D eigenvalue weighted by Gasteiger charge is -2.27. The normalized spacial score (nSPS) is 16.3. The van der Waals surface area contributed by atoms with Crippen molar-refractivity contribution < 1.29 is 0 Å². The molecule has 0 nitrogen and oxygen atoms in total. The van der Waals surface area contributed by atoms with E-state index in [-0.39, 0.29) is 10.8 Å². The fourth-order valence-corrected chi connectivity index (χ4v) is 1.00.